The summed E-state index contributed by atoms with van der Waals surface area (Å²) in [6.45, 7) is 2.19. The number of nitrogens with zero attached hydrogens (tertiary/aromatic N) is 6. The first-order valence-corrected chi connectivity index (χ1v) is 9.82. The van der Waals surface area contributed by atoms with Crippen LogP contribution in [0.15, 0.2) is 48.8 Å². The molecule has 0 radical (unpaired) electrons. The van der Waals surface area contributed by atoms with Crippen molar-refractivity contribution in [2.45, 2.75) is 26.3 Å². The molecule has 0 unspecified atom stereocenters. The molecule has 0 aliphatic heterocycles. The molecule has 0 saturated heterocycles. The standard InChI is InChI=1S/C20H17FN6OS/c1-13-18(17(28)9-6-14-3-2-10-22-11-14)29-20(23-13)19-24-25-26-27(19)12-15-4-7-16(21)8-5-15/h2-5,7-8,10-11H,6,9,12H2,1H3. The first kappa shape index (κ1) is 19.0. The van der Waals surface area contributed by atoms with E-state index in [1.54, 1.807) is 29.2 Å². The van der Waals surface area contributed by atoms with Crippen LogP contribution in [0, 0.1) is 12.7 Å². The summed E-state index contributed by atoms with van der Waals surface area (Å²) in [6, 6.07) is 9.96. The molecule has 0 spiro atoms. The lowest BCUT2D eigenvalue weighted by Gasteiger charge is -2.03. The molecule has 3 aromatic heterocycles. The van der Waals surface area contributed by atoms with E-state index in [0.717, 1.165) is 11.1 Å². The van der Waals surface area contributed by atoms with Gasteiger partial charge >= 0.3 is 0 Å². The molecule has 0 aliphatic rings. The van der Waals surface area contributed by atoms with E-state index >= 15 is 0 Å². The third-order valence-electron chi connectivity index (χ3n) is 4.38. The quantitative estimate of drug-likeness (QED) is 0.435. The minimum atomic E-state index is -0.296. The van der Waals surface area contributed by atoms with Gasteiger partial charge in [0, 0.05) is 18.8 Å². The van der Waals surface area contributed by atoms with Gasteiger partial charge in [-0.1, -0.05) is 18.2 Å². The number of rotatable bonds is 7. The topological polar surface area (TPSA) is 86.5 Å². The number of thiazole rings is 1. The van der Waals surface area contributed by atoms with Gasteiger partial charge in [-0.2, -0.15) is 0 Å². The van der Waals surface area contributed by atoms with E-state index in [4.69, 9.17) is 0 Å². The number of Topliss-reactive ketones (excluding diaryl/α,β-unsaturated/α-hetero) is 1. The largest absolute Gasteiger partial charge is 0.293 e. The van der Waals surface area contributed by atoms with Crippen LogP contribution in [0.2, 0.25) is 0 Å². The molecule has 0 bridgehead atoms. The van der Waals surface area contributed by atoms with Crippen LogP contribution in [0.4, 0.5) is 4.39 Å². The lowest BCUT2D eigenvalue weighted by Crippen LogP contribution is -2.04. The average molecular weight is 408 g/mol. The van der Waals surface area contributed by atoms with Gasteiger partial charge < -0.3 is 0 Å². The molecule has 0 aliphatic carbocycles. The number of aromatic nitrogens is 6. The molecule has 0 N–H and O–H groups in total. The number of carbonyl (C=O) groups is 1. The third-order valence-corrected chi connectivity index (χ3v) is 5.58. The Labute approximate surface area is 170 Å². The fraction of sp³-hybridized carbons (Fsp3) is 0.200. The van der Waals surface area contributed by atoms with Crippen LogP contribution >= 0.6 is 11.3 Å². The zero-order chi connectivity index (χ0) is 20.2. The highest BCUT2D eigenvalue weighted by Gasteiger charge is 2.20. The molecule has 4 aromatic rings. The number of halogens is 1. The van der Waals surface area contributed by atoms with E-state index < -0.39 is 0 Å². The molecule has 1 aromatic carbocycles. The summed E-state index contributed by atoms with van der Waals surface area (Å²) in [4.78, 5) is 21.9. The van der Waals surface area contributed by atoms with Gasteiger partial charge in [0.05, 0.1) is 17.1 Å². The molecule has 9 heteroatoms. The van der Waals surface area contributed by atoms with Crippen molar-refractivity contribution in [2.75, 3.05) is 0 Å². The molecule has 29 heavy (non-hydrogen) atoms. The second kappa shape index (κ2) is 8.36. The summed E-state index contributed by atoms with van der Waals surface area (Å²) in [5, 5.41) is 12.4. The Morgan fingerprint density at radius 1 is 1.17 bits per heavy atom. The Morgan fingerprint density at radius 3 is 2.76 bits per heavy atom. The zero-order valence-corrected chi connectivity index (χ0v) is 16.4. The van der Waals surface area contributed by atoms with E-state index in [1.165, 1.54) is 23.5 Å². The number of ketones is 1. The van der Waals surface area contributed by atoms with Crippen LogP contribution in [0.5, 0.6) is 0 Å². The molecule has 4 rings (SSSR count). The van der Waals surface area contributed by atoms with E-state index in [9.17, 15) is 9.18 Å². The first-order valence-electron chi connectivity index (χ1n) is 9.00. The lowest BCUT2D eigenvalue weighted by molar-refractivity contribution is 0.0986. The summed E-state index contributed by atoms with van der Waals surface area (Å²) in [5.74, 6) is 0.220. The van der Waals surface area contributed by atoms with Crippen LogP contribution in [0.1, 0.15) is 32.9 Å². The third kappa shape index (κ3) is 4.40. The molecule has 0 fully saturated rings. The van der Waals surface area contributed by atoms with Gasteiger partial charge in [0.1, 0.15) is 5.82 Å². The van der Waals surface area contributed by atoms with Crippen molar-refractivity contribution in [3.8, 4) is 10.8 Å². The van der Waals surface area contributed by atoms with Gasteiger partial charge in [-0.15, -0.1) is 16.4 Å². The van der Waals surface area contributed by atoms with E-state index in [2.05, 4.69) is 25.5 Å². The summed E-state index contributed by atoms with van der Waals surface area (Å²) in [7, 11) is 0. The SMILES string of the molecule is Cc1nc(-c2nnnn2Cc2ccc(F)cc2)sc1C(=O)CCc1cccnc1. The maximum atomic E-state index is 13.1. The van der Waals surface area contributed by atoms with Crippen molar-refractivity contribution in [1.29, 1.82) is 0 Å². The maximum absolute atomic E-state index is 13.1. The smallest absolute Gasteiger partial charge is 0.211 e. The number of benzene rings is 1. The minimum absolute atomic E-state index is 0.0349. The highest BCUT2D eigenvalue weighted by Crippen LogP contribution is 2.27. The van der Waals surface area contributed by atoms with Crippen molar-refractivity contribution >= 4 is 17.1 Å². The normalized spacial score (nSPS) is 11.0. The van der Waals surface area contributed by atoms with Gasteiger partial charge in [-0.05, 0) is 53.1 Å². The average Bonchev–Trinajstić information content (AvgIpc) is 3.35. The summed E-state index contributed by atoms with van der Waals surface area (Å²) >= 11 is 1.29. The van der Waals surface area contributed by atoms with Crippen molar-refractivity contribution in [2.24, 2.45) is 0 Å². The summed E-state index contributed by atoms with van der Waals surface area (Å²) in [6.07, 6.45) is 4.49. The Kier molecular flexibility index (Phi) is 5.48. The van der Waals surface area contributed by atoms with Crippen molar-refractivity contribution in [3.05, 3.63) is 76.3 Å². The predicted octanol–water partition coefficient (Wildman–Crippen LogP) is 3.50. The molecule has 0 saturated carbocycles. The maximum Gasteiger partial charge on any atom is 0.211 e. The fourth-order valence-electron chi connectivity index (χ4n) is 2.90. The predicted molar refractivity (Wildman–Crippen MR) is 106 cm³/mol. The number of carbonyl (C=O) groups excluding carboxylic acids is 1. The van der Waals surface area contributed by atoms with Gasteiger partial charge in [0.15, 0.2) is 10.8 Å². The zero-order valence-electron chi connectivity index (χ0n) is 15.6. The number of pyridine rings is 1. The lowest BCUT2D eigenvalue weighted by atomic mass is 10.1. The van der Waals surface area contributed by atoms with E-state index in [0.29, 0.717) is 40.8 Å². The van der Waals surface area contributed by atoms with Crippen LogP contribution in [0.25, 0.3) is 10.8 Å². The van der Waals surface area contributed by atoms with Gasteiger partial charge in [0.25, 0.3) is 0 Å². The van der Waals surface area contributed by atoms with E-state index in [1.807, 2.05) is 19.1 Å². The highest BCUT2D eigenvalue weighted by atomic mass is 32.1. The second-order valence-corrected chi connectivity index (χ2v) is 7.50. The Hall–Kier alpha value is -3.33. The number of aryl methyl sites for hydroxylation is 2. The monoisotopic (exact) mass is 408 g/mol. The summed E-state index contributed by atoms with van der Waals surface area (Å²) < 4.78 is 14.7. The Bertz CT molecular complexity index is 1120. The number of hydrogen-bond acceptors (Lipinski definition) is 7. The molecule has 7 nitrogen and oxygen atoms in total. The minimum Gasteiger partial charge on any atom is -0.293 e. The van der Waals surface area contributed by atoms with Gasteiger partial charge in [0.2, 0.25) is 5.82 Å². The van der Waals surface area contributed by atoms with Crippen LogP contribution in [0.3, 0.4) is 0 Å². The van der Waals surface area contributed by atoms with Crippen molar-refractivity contribution in [1.82, 2.24) is 30.2 Å². The van der Waals surface area contributed by atoms with Crippen LogP contribution in [-0.4, -0.2) is 36.0 Å². The van der Waals surface area contributed by atoms with Crippen LogP contribution < -0.4 is 0 Å². The molecular formula is C20H17FN6OS. The Morgan fingerprint density at radius 2 is 2.00 bits per heavy atom. The molecular weight excluding hydrogens is 391 g/mol. The van der Waals surface area contributed by atoms with Gasteiger partial charge in [-0.25, -0.2) is 14.1 Å². The fourth-order valence-corrected chi connectivity index (χ4v) is 3.92. The van der Waals surface area contributed by atoms with E-state index in [-0.39, 0.29) is 11.6 Å². The molecule has 0 amide bonds. The van der Waals surface area contributed by atoms with Gasteiger partial charge in [-0.3, -0.25) is 9.78 Å². The summed E-state index contributed by atoms with van der Waals surface area (Å²) in [5.41, 5.74) is 2.55. The second-order valence-electron chi connectivity index (χ2n) is 6.50. The number of tetrazole rings is 1. The molecule has 146 valence electrons. The molecule has 3 heterocycles. The van der Waals surface area contributed by atoms with Crippen molar-refractivity contribution < 1.29 is 9.18 Å². The first-order chi connectivity index (χ1) is 14.1. The molecule has 0 atom stereocenters. The Balaban J connectivity index is 1.51. The number of hydrogen-bond donors (Lipinski definition) is 0. The van der Waals surface area contributed by atoms with Crippen LogP contribution in [-0.2, 0) is 13.0 Å². The van der Waals surface area contributed by atoms with Crippen molar-refractivity contribution in [3.63, 3.8) is 0 Å². The highest BCUT2D eigenvalue weighted by molar-refractivity contribution is 7.17.